The minimum absolute atomic E-state index is 0.560. The Labute approximate surface area is 90.0 Å². The van der Waals surface area contributed by atoms with Crippen molar-refractivity contribution in [1.29, 1.82) is 10.5 Å². The Bertz CT molecular complexity index is 410. The predicted molar refractivity (Wildman–Crippen MR) is 59.2 cm³/mol. The summed E-state index contributed by atoms with van der Waals surface area (Å²) in [7, 11) is 0. The van der Waals surface area contributed by atoms with Crippen molar-refractivity contribution in [2.45, 2.75) is 19.8 Å². The first-order chi connectivity index (χ1) is 7.27. The Balaban J connectivity index is 2.61. The molecule has 0 aliphatic carbocycles. The van der Waals surface area contributed by atoms with Crippen LogP contribution in [0.5, 0.6) is 0 Å². The summed E-state index contributed by atoms with van der Waals surface area (Å²) in [5, 5.41) is 20.3. The maximum Gasteiger partial charge on any atom is 0.0992 e. The van der Waals surface area contributed by atoms with Crippen molar-refractivity contribution in [3.05, 3.63) is 29.3 Å². The lowest BCUT2D eigenvalue weighted by atomic mass is 10.1. The van der Waals surface area contributed by atoms with Gasteiger partial charge in [0.15, 0.2) is 0 Å². The second-order valence-corrected chi connectivity index (χ2v) is 3.33. The summed E-state index contributed by atoms with van der Waals surface area (Å²) in [6.07, 6.45) is 1.39. The predicted octanol–water partition coefficient (Wildman–Crippen LogP) is 2.58. The van der Waals surface area contributed by atoms with E-state index >= 15 is 0 Å². The number of rotatable bonds is 4. The van der Waals surface area contributed by atoms with E-state index < -0.39 is 0 Å². The standard InChI is InChI=1S/C12H13N3/c1-10-4-5-11(9-14)8-12(10)15-7-3-2-6-13/h4-5,8,15H,2-3,7H2,1H3. The summed E-state index contributed by atoms with van der Waals surface area (Å²) in [4.78, 5) is 0. The lowest BCUT2D eigenvalue weighted by Crippen LogP contribution is -2.02. The van der Waals surface area contributed by atoms with Crippen LogP contribution >= 0.6 is 0 Å². The molecule has 0 spiro atoms. The molecule has 0 aliphatic heterocycles. The minimum atomic E-state index is 0.560. The van der Waals surface area contributed by atoms with E-state index in [9.17, 15) is 0 Å². The van der Waals surface area contributed by atoms with Gasteiger partial charge in [-0.3, -0.25) is 0 Å². The monoisotopic (exact) mass is 199 g/mol. The molecule has 0 saturated heterocycles. The van der Waals surface area contributed by atoms with Gasteiger partial charge in [-0.25, -0.2) is 0 Å². The van der Waals surface area contributed by atoms with Crippen molar-refractivity contribution in [3.63, 3.8) is 0 Å². The van der Waals surface area contributed by atoms with Gasteiger partial charge in [0.2, 0.25) is 0 Å². The Morgan fingerprint density at radius 3 is 2.80 bits per heavy atom. The van der Waals surface area contributed by atoms with E-state index in [1.807, 2.05) is 19.1 Å². The molecule has 0 aromatic heterocycles. The molecular weight excluding hydrogens is 186 g/mol. The van der Waals surface area contributed by atoms with Crippen LogP contribution in [0.1, 0.15) is 24.0 Å². The fourth-order valence-electron chi connectivity index (χ4n) is 1.27. The SMILES string of the molecule is Cc1ccc(C#N)cc1NCCCC#N. The number of hydrogen-bond donors (Lipinski definition) is 1. The maximum atomic E-state index is 8.74. The highest BCUT2D eigenvalue weighted by Crippen LogP contribution is 2.16. The van der Waals surface area contributed by atoms with Gasteiger partial charge in [0.05, 0.1) is 17.7 Å². The summed E-state index contributed by atoms with van der Waals surface area (Å²) in [5.74, 6) is 0. The van der Waals surface area contributed by atoms with Gasteiger partial charge in [-0.2, -0.15) is 10.5 Å². The van der Waals surface area contributed by atoms with Crippen molar-refractivity contribution in [3.8, 4) is 12.1 Å². The molecule has 1 aromatic carbocycles. The number of anilines is 1. The number of aryl methyl sites for hydroxylation is 1. The smallest absolute Gasteiger partial charge is 0.0992 e. The molecule has 3 nitrogen and oxygen atoms in total. The fourth-order valence-corrected chi connectivity index (χ4v) is 1.27. The van der Waals surface area contributed by atoms with Crippen LogP contribution in [0.4, 0.5) is 5.69 Å². The lowest BCUT2D eigenvalue weighted by molar-refractivity contribution is 0.896. The van der Waals surface area contributed by atoms with Gasteiger partial charge in [-0.15, -0.1) is 0 Å². The number of nitrogens with one attached hydrogen (secondary N) is 1. The van der Waals surface area contributed by atoms with Gasteiger partial charge >= 0.3 is 0 Å². The molecule has 0 radical (unpaired) electrons. The maximum absolute atomic E-state index is 8.74. The average Bonchev–Trinajstić information content (AvgIpc) is 2.26. The molecule has 0 atom stereocenters. The van der Waals surface area contributed by atoms with E-state index in [0.29, 0.717) is 12.0 Å². The Morgan fingerprint density at radius 1 is 1.33 bits per heavy atom. The number of nitriles is 2. The van der Waals surface area contributed by atoms with Crippen LogP contribution in [0.25, 0.3) is 0 Å². The van der Waals surface area contributed by atoms with Crippen LogP contribution in [0.2, 0.25) is 0 Å². The van der Waals surface area contributed by atoms with E-state index in [-0.39, 0.29) is 0 Å². The molecular formula is C12H13N3. The summed E-state index contributed by atoms with van der Waals surface area (Å²) < 4.78 is 0. The first-order valence-electron chi connectivity index (χ1n) is 4.89. The highest BCUT2D eigenvalue weighted by Gasteiger charge is 1.98. The second-order valence-electron chi connectivity index (χ2n) is 3.33. The third kappa shape index (κ3) is 3.32. The number of unbranched alkanes of at least 4 members (excludes halogenated alkanes) is 1. The van der Waals surface area contributed by atoms with Gasteiger partial charge in [0.25, 0.3) is 0 Å². The van der Waals surface area contributed by atoms with Crippen molar-refractivity contribution in [2.75, 3.05) is 11.9 Å². The van der Waals surface area contributed by atoms with Gasteiger partial charge < -0.3 is 5.32 Å². The molecule has 0 heterocycles. The third-order valence-electron chi connectivity index (χ3n) is 2.15. The number of nitrogens with zero attached hydrogens (tertiary/aromatic N) is 2. The molecule has 1 aromatic rings. The van der Waals surface area contributed by atoms with E-state index in [0.717, 1.165) is 24.2 Å². The minimum Gasteiger partial charge on any atom is -0.385 e. The Hall–Kier alpha value is -2.00. The highest BCUT2D eigenvalue weighted by atomic mass is 14.9. The molecule has 15 heavy (non-hydrogen) atoms. The zero-order valence-corrected chi connectivity index (χ0v) is 8.75. The molecule has 1 rings (SSSR count). The molecule has 0 fully saturated rings. The van der Waals surface area contributed by atoms with E-state index in [4.69, 9.17) is 10.5 Å². The van der Waals surface area contributed by atoms with Gasteiger partial charge in [-0.05, 0) is 31.0 Å². The lowest BCUT2D eigenvalue weighted by Gasteiger charge is -2.08. The summed E-state index contributed by atoms with van der Waals surface area (Å²) >= 11 is 0. The molecule has 3 heteroatoms. The van der Waals surface area contributed by atoms with E-state index in [1.54, 1.807) is 6.07 Å². The summed E-state index contributed by atoms with van der Waals surface area (Å²) in [5.41, 5.74) is 2.75. The normalized spacial score (nSPS) is 9.00. The highest BCUT2D eigenvalue weighted by molar-refractivity contribution is 5.55. The summed E-state index contributed by atoms with van der Waals surface area (Å²) in [6, 6.07) is 9.76. The van der Waals surface area contributed by atoms with Crippen LogP contribution in [0.15, 0.2) is 18.2 Å². The topological polar surface area (TPSA) is 59.6 Å². The Morgan fingerprint density at radius 2 is 2.13 bits per heavy atom. The van der Waals surface area contributed by atoms with Crippen molar-refractivity contribution in [1.82, 2.24) is 0 Å². The first-order valence-corrected chi connectivity index (χ1v) is 4.89. The molecule has 0 bridgehead atoms. The number of hydrogen-bond acceptors (Lipinski definition) is 3. The first kappa shape index (κ1) is 11.1. The van der Waals surface area contributed by atoms with Crippen LogP contribution < -0.4 is 5.32 Å². The molecule has 0 aliphatic rings. The van der Waals surface area contributed by atoms with Crippen molar-refractivity contribution >= 4 is 5.69 Å². The van der Waals surface area contributed by atoms with Crippen LogP contribution in [0.3, 0.4) is 0 Å². The van der Waals surface area contributed by atoms with E-state index in [2.05, 4.69) is 17.5 Å². The van der Waals surface area contributed by atoms with Gasteiger partial charge in [0.1, 0.15) is 0 Å². The molecule has 0 saturated carbocycles. The quantitative estimate of drug-likeness (QED) is 0.758. The van der Waals surface area contributed by atoms with Crippen LogP contribution in [0, 0.1) is 29.6 Å². The molecule has 76 valence electrons. The number of benzene rings is 1. The second kappa shape index (κ2) is 5.67. The Kier molecular flexibility index (Phi) is 4.19. The third-order valence-corrected chi connectivity index (χ3v) is 2.15. The van der Waals surface area contributed by atoms with Gasteiger partial charge in [-0.1, -0.05) is 6.07 Å². The van der Waals surface area contributed by atoms with Crippen LogP contribution in [-0.2, 0) is 0 Å². The zero-order valence-electron chi connectivity index (χ0n) is 8.75. The molecule has 0 amide bonds. The van der Waals surface area contributed by atoms with Crippen molar-refractivity contribution < 1.29 is 0 Å². The largest absolute Gasteiger partial charge is 0.385 e. The zero-order chi connectivity index (χ0) is 11.1. The van der Waals surface area contributed by atoms with Crippen LogP contribution in [-0.4, -0.2) is 6.54 Å². The summed E-state index contributed by atoms with van der Waals surface area (Å²) in [6.45, 7) is 2.76. The molecule has 0 unspecified atom stereocenters. The average molecular weight is 199 g/mol. The molecule has 1 N–H and O–H groups in total. The van der Waals surface area contributed by atoms with E-state index in [1.165, 1.54) is 0 Å². The van der Waals surface area contributed by atoms with Gasteiger partial charge in [0, 0.05) is 18.7 Å². The van der Waals surface area contributed by atoms with Crippen molar-refractivity contribution in [2.24, 2.45) is 0 Å². The fraction of sp³-hybridized carbons (Fsp3) is 0.333.